The number of carbonyl (C=O) groups excluding carboxylic acids is 1. The van der Waals surface area contributed by atoms with Crippen molar-refractivity contribution in [2.75, 3.05) is 6.54 Å². The fraction of sp³-hybridized carbons (Fsp3) is 0.333. The Morgan fingerprint density at radius 3 is 2.57 bits per heavy atom. The molecule has 0 bridgehead atoms. The van der Waals surface area contributed by atoms with Gasteiger partial charge in [0.15, 0.2) is 0 Å². The molecule has 0 spiro atoms. The average Bonchev–Trinajstić information content (AvgIpc) is 2.77. The molecule has 2 rings (SSSR count). The topological polar surface area (TPSA) is 67.2 Å². The maximum absolute atomic E-state index is 12.9. The molecule has 2 N–H and O–H groups in total. The van der Waals surface area contributed by atoms with Crippen molar-refractivity contribution < 1.29 is 14.3 Å². The smallest absolute Gasteiger partial charge is 0.254 e. The van der Waals surface area contributed by atoms with Gasteiger partial charge in [0.25, 0.3) is 5.91 Å². The molecule has 1 unspecified atom stereocenters. The van der Waals surface area contributed by atoms with E-state index < -0.39 is 5.60 Å². The molecule has 1 atom stereocenters. The molecule has 0 radical (unpaired) electrons. The summed E-state index contributed by atoms with van der Waals surface area (Å²) in [4.78, 5) is 12.1. The molecular formula is C15H18FN3O2. The summed E-state index contributed by atoms with van der Waals surface area (Å²) in [5.41, 5.74) is 0.466. The molecule has 1 aromatic heterocycles. The van der Waals surface area contributed by atoms with E-state index in [2.05, 4.69) is 10.4 Å². The number of halogens is 1. The zero-order valence-corrected chi connectivity index (χ0v) is 12.2. The Labute approximate surface area is 122 Å². The second-order valence-electron chi connectivity index (χ2n) is 5.23. The minimum absolute atomic E-state index is 0.0196. The minimum atomic E-state index is -1.28. The van der Waals surface area contributed by atoms with Gasteiger partial charge in [-0.1, -0.05) is 12.1 Å². The van der Waals surface area contributed by atoms with Crippen molar-refractivity contribution in [2.45, 2.75) is 19.4 Å². The van der Waals surface area contributed by atoms with Crippen LogP contribution in [0.3, 0.4) is 0 Å². The van der Waals surface area contributed by atoms with E-state index in [1.54, 1.807) is 25.6 Å². The number of aromatic nitrogens is 2. The summed E-state index contributed by atoms with van der Waals surface area (Å²) in [5, 5.41) is 17.1. The van der Waals surface area contributed by atoms with Crippen LogP contribution in [0.25, 0.3) is 0 Å². The van der Waals surface area contributed by atoms with Crippen molar-refractivity contribution in [1.82, 2.24) is 15.1 Å². The molecule has 1 amide bonds. The summed E-state index contributed by atoms with van der Waals surface area (Å²) in [5.74, 6) is -0.674. The summed E-state index contributed by atoms with van der Waals surface area (Å²) in [6.07, 6.45) is 1.48. The van der Waals surface area contributed by atoms with Crippen LogP contribution in [-0.2, 0) is 12.6 Å². The van der Waals surface area contributed by atoms with Crippen LogP contribution < -0.4 is 5.32 Å². The molecule has 112 valence electrons. The van der Waals surface area contributed by atoms with Crippen LogP contribution in [-0.4, -0.2) is 27.3 Å². The molecule has 6 heteroatoms. The lowest BCUT2D eigenvalue weighted by molar-refractivity contribution is 0.0525. The van der Waals surface area contributed by atoms with Crippen LogP contribution in [0.1, 0.15) is 28.5 Å². The van der Waals surface area contributed by atoms with Gasteiger partial charge in [-0.3, -0.25) is 9.48 Å². The van der Waals surface area contributed by atoms with Gasteiger partial charge in [-0.2, -0.15) is 5.10 Å². The van der Waals surface area contributed by atoms with Crippen LogP contribution in [0.4, 0.5) is 4.39 Å². The molecule has 0 fully saturated rings. The predicted molar refractivity (Wildman–Crippen MR) is 76.2 cm³/mol. The average molecular weight is 291 g/mol. The zero-order chi connectivity index (χ0) is 15.6. The van der Waals surface area contributed by atoms with E-state index in [9.17, 15) is 14.3 Å². The molecule has 1 heterocycles. The van der Waals surface area contributed by atoms with Gasteiger partial charge in [0, 0.05) is 12.7 Å². The molecule has 0 saturated heterocycles. The van der Waals surface area contributed by atoms with Crippen molar-refractivity contribution in [2.24, 2.45) is 7.05 Å². The van der Waals surface area contributed by atoms with Crippen molar-refractivity contribution in [1.29, 1.82) is 0 Å². The summed E-state index contributed by atoms with van der Waals surface area (Å²) in [6.45, 7) is 3.38. The molecule has 21 heavy (non-hydrogen) atoms. The third kappa shape index (κ3) is 3.28. The van der Waals surface area contributed by atoms with Crippen LogP contribution in [0, 0.1) is 12.7 Å². The molecule has 0 aliphatic heterocycles. The van der Waals surface area contributed by atoms with E-state index in [0.29, 0.717) is 11.1 Å². The first kappa shape index (κ1) is 15.2. The van der Waals surface area contributed by atoms with Crippen LogP contribution >= 0.6 is 0 Å². The maximum Gasteiger partial charge on any atom is 0.254 e. The number of aliphatic hydroxyl groups is 1. The van der Waals surface area contributed by atoms with Gasteiger partial charge in [0.05, 0.1) is 18.3 Å². The van der Waals surface area contributed by atoms with Crippen molar-refractivity contribution in [3.05, 3.63) is 53.1 Å². The summed E-state index contributed by atoms with van der Waals surface area (Å²) in [6, 6.07) is 5.54. The Morgan fingerprint density at radius 2 is 2.05 bits per heavy atom. The molecular weight excluding hydrogens is 273 g/mol. The highest BCUT2D eigenvalue weighted by Gasteiger charge is 2.24. The zero-order valence-electron chi connectivity index (χ0n) is 12.2. The molecule has 0 saturated carbocycles. The second kappa shape index (κ2) is 5.65. The Kier molecular flexibility index (Phi) is 4.09. The second-order valence-corrected chi connectivity index (χ2v) is 5.23. The van der Waals surface area contributed by atoms with Crippen molar-refractivity contribution >= 4 is 5.91 Å². The predicted octanol–water partition coefficient (Wildman–Crippen LogP) is 1.51. The Bertz CT molecular complexity index is 647. The van der Waals surface area contributed by atoms with E-state index in [-0.39, 0.29) is 18.3 Å². The van der Waals surface area contributed by atoms with E-state index in [1.807, 2.05) is 0 Å². The number of nitrogens with zero attached hydrogens (tertiary/aromatic N) is 2. The molecule has 5 nitrogen and oxygen atoms in total. The van der Waals surface area contributed by atoms with Gasteiger partial charge in [-0.25, -0.2) is 4.39 Å². The molecule has 2 aromatic rings. The number of hydrogen-bond donors (Lipinski definition) is 2. The van der Waals surface area contributed by atoms with Crippen LogP contribution in [0.2, 0.25) is 0 Å². The quantitative estimate of drug-likeness (QED) is 0.897. The van der Waals surface area contributed by atoms with Crippen LogP contribution in [0.15, 0.2) is 30.5 Å². The Morgan fingerprint density at radius 1 is 1.43 bits per heavy atom. The van der Waals surface area contributed by atoms with Crippen molar-refractivity contribution in [3.8, 4) is 0 Å². The number of rotatable bonds is 4. The fourth-order valence-electron chi connectivity index (χ4n) is 1.98. The van der Waals surface area contributed by atoms with E-state index in [4.69, 9.17) is 0 Å². The largest absolute Gasteiger partial charge is 0.384 e. The van der Waals surface area contributed by atoms with Gasteiger partial charge in [-0.15, -0.1) is 0 Å². The van der Waals surface area contributed by atoms with Gasteiger partial charge < -0.3 is 10.4 Å². The van der Waals surface area contributed by atoms with E-state index >= 15 is 0 Å². The van der Waals surface area contributed by atoms with E-state index in [0.717, 1.165) is 5.69 Å². The lowest BCUT2D eigenvalue weighted by Gasteiger charge is -2.24. The minimum Gasteiger partial charge on any atom is -0.384 e. The molecule has 0 aliphatic carbocycles. The Balaban J connectivity index is 2.06. The lowest BCUT2D eigenvalue weighted by Crippen LogP contribution is -2.38. The highest BCUT2D eigenvalue weighted by atomic mass is 19.1. The normalized spacial score (nSPS) is 13.8. The lowest BCUT2D eigenvalue weighted by atomic mass is 9.96. The number of benzene rings is 1. The number of nitrogens with one attached hydrogen (secondary N) is 1. The Hall–Kier alpha value is -2.21. The molecule has 0 aliphatic rings. The summed E-state index contributed by atoms with van der Waals surface area (Å²) in [7, 11) is 1.75. The highest BCUT2D eigenvalue weighted by Crippen LogP contribution is 2.20. The first-order chi connectivity index (χ1) is 9.81. The molecule has 1 aromatic carbocycles. The third-order valence-electron chi connectivity index (χ3n) is 3.54. The van der Waals surface area contributed by atoms with Gasteiger partial charge >= 0.3 is 0 Å². The fourth-order valence-corrected chi connectivity index (χ4v) is 1.98. The summed E-state index contributed by atoms with van der Waals surface area (Å²) >= 11 is 0. The maximum atomic E-state index is 12.9. The highest BCUT2D eigenvalue weighted by molar-refractivity contribution is 5.95. The standard InChI is InChI=1S/C15H18FN3O2/c1-10-13(8-18-19(10)3)14(20)17-9-15(2,21)11-4-6-12(16)7-5-11/h4-8,21H,9H2,1-3H3,(H,17,20). The van der Waals surface area contributed by atoms with E-state index in [1.165, 1.54) is 30.5 Å². The number of aryl methyl sites for hydroxylation is 1. The number of amides is 1. The number of hydrogen-bond acceptors (Lipinski definition) is 3. The SMILES string of the molecule is Cc1c(C(=O)NCC(C)(O)c2ccc(F)cc2)cnn1C. The van der Waals surface area contributed by atoms with Gasteiger partial charge in [-0.05, 0) is 31.5 Å². The van der Waals surface area contributed by atoms with Crippen LogP contribution in [0.5, 0.6) is 0 Å². The summed E-state index contributed by atoms with van der Waals surface area (Å²) < 4.78 is 14.5. The first-order valence-corrected chi connectivity index (χ1v) is 6.56. The van der Waals surface area contributed by atoms with Crippen molar-refractivity contribution in [3.63, 3.8) is 0 Å². The first-order valence-electron chi connectivity index (χ1n) is 6.56. The monoisotopic (exact) mass is 291 g/mol. The number of carbonyl (C=O) groups is 1. The van der Waals surface area contributed by atoms with Gasteiger partial charge in [0.1, 0.15) is 11.4 Å². The third-order valence-corrected chi connectivity index (χ3v) is 3.54. The van der Waals surface area contributed by atoms with Gasteiger partial charge in [0.2, 0.25) is 0 Å².